The van der Waals surface area contributed by atoms with Gasteiger partial charge in [-0.15, -0.1) is 6.42 Å². The summed E-state index contributed by atoms with van der Waals surface area (Å²) in [6.45, 7) is 2.03. The van der Waals surface area contributed by atoms with Gasteiger partial charge in [-0.1, -0.05) is 41.0 Å². The van der Waals surface area contributed by atoms with Crippen LogP contribution in [0.1, 0.15) is 26.3 Å². The van der Waals surface area contributed by atoms with Gasteiger partial charge in [0.25, 0.3) is 15.9 Å². The van der Waals surface area contributed by atoms with Crippen molar-refractivity contribution in [1.29, 1.82) is 0 Å². The van der Waals surface area contributed by atoms with Gasteiger partial charge in [0.15, 0.2) is 4.80 Å². The number of aromatic nitrogens is 1. The van der Waals surface area contributed by atoms with Crippen LogP contribution < -0.4 is 9.52 Å². The van der Waals surface area contributed by atoms with Crippen molar-refractivity contribution in [1.82, 2.24) is 4.57 Å². The van der Waals surface area contributed by atoms with E-state index in [1.165, 1.54) is 36.6 Å². The lowest BCUT2D eigenvalue weighted by atomic mass is 10.2. The number of methoxy groups -OCH3 is 1. The van der Waals surface area contributed by atoms with Gasteiger partial charge >= 0.3 is 5.97 Å². The molecule has 0 aliphatic rings. The number of hydrogen-bond donors (Lipinski definition) is 1. The summed E-state index contributed by atoms with van der Waals surface area (Å²) >= 11 is 1.20. The van der Waals surface area contributed by atoms with Crippen LogP contribution in [0.15, 0.2) is 76.6 Å². The molecule has 0 saturated heterocycles. The highest BCUT2D eigenvalue weighted by molar-refractivity contribution is 7.92. The summed E-state index contributed by atoms with van der Waals surface area (Å²) in [7, 11) is -2.53. The first kappa shape index (κ1) is 24.9. The molecule has 0 saturated carbocycles. The molecular weight excluding hydrogens is 498 g/mol. The second-order valence-electron chi connectivity index (χ2n) is 7.77. The number of terminal acetylenes is 1. The topological polar surface area (TPSA) is 107 Å². The summed E-state index contributed by atoms with van der Waals surface area (Å²) < 4.78 is 35.1. The SMILES string of the molecule is C#CCn1c(=NC(=O)c2cccc(NS(=O)(=O)c3ccc(C)cc3)c2)sc2cc(C(=O)OC)ccc21. The van der Waals surface area contributed by atoms with Crippen molar-refractivity contribution in [3.63, 3.8) is 0 Å². The number of amides is 1. The maximum Gasteiger partial charge on any atom is 0.337 e. The zero-order valence-corrected chi connectivity index (χ0v) is 21.0. The number of nitrogens with zero attached hydrogens (tertiary/aromatic N) is 2. The van der Waals surface area contributed by atoms with Crippen molar-refractivity contribution in [3.05, 3.63) is 88.2 Å². The molecular formula is C26H21N3O5S2. The molecule has 1 heterocycles. The predicted octanol–water partition coefficient (Wildman–Crippen LogP) is 3.97. The number of anilines is 1. The quantitative estimate of drug-likeness (QED) is 0.306. The first-order chi connectivity index (χ1) is 17.2. The number of sulfonamides is 1. The van der Waals surface area contributed by atoms with Crippen molar-refractivity contribution >= 4 is 49.1 Å². The predicted molar refractivity (Wildman–Crippen MR) is 138 cm³/mol. The lowest BCUT2D eigenvalue weighted by molar-refractivity contribution is 0.0600. The van der Waals surface area contributed by atoms with Crippen LogP contribution in [0, 0.1) is 19.3 Å². The molecule has 0 spiro atoms. The van der Waals surface area contributed by atoms with E-state index >= 15 is 0 Å². The molecule has 10 heteroatoms. The van der Waals surface area contributed by atoms with Gasteiger partial charge in [-0.3, -0.25) is 9.52 Å². The molecule has 182 valence electrons. The van der Waals surface area contributed by atoms with Gasteiger partial charge in [0.2, 0.25) is 0 Å². The van der Waals surface area contributed by atoms with Crippen molar-refractivity contribution in [2.75, 3.05) is 11.8 Å². The molecule has 1 amide bonds. The molecule has 4 rings (SSSR count). The third-order valence-electron chi connectivity index (χ3n) is 5.24. The van der Waals surface area contributed by atoms with E-state index in [2.05, 4.69) is 15.6 Å². The Balaban J connectivity index is 1.68. The summed E-state index contributed by atoms with van der Waals surface area (Å²) in [6, 6.07) is 17.5. The Hall–Kier alpha value is -4.20. The van der Waals surface area contributed by atoms with Crippen molar-refractivity contribution < 1.29 is 22.7 Å². The molecule has 0 atom stereocenters. The maximum absolute atomic E-state index is 13.0. The van der Waals surface area contributed by atoms with Crippen LogP contribution in [0.25, 0.3) is 10.2 Å². The van der Waals surface area contributed by atoms with Crippen LogP contribution in [0.4, 0.5) is 5.69 Å². The van der Waals surface area contributed by atoms with Crippen LogP contribution in [0.2, 0.25) is 0 Å². The smallest absolute Gasteiger partial charge is 0.337 e. The molecule has 4 aromatic rings. The molecule has 3 aromatic carbocycles. The molecule has 8 nitrogen and oxygen atoms in total. The van der Waals surface area contributed by atoms with E-state index in [1.807, 2.05) is 6.92 Å². The third kappa shape index (κ3) is 5.22. The van der Waals surface area contributed by atoms with Crippen LogP contribution in [0.3, 0.4) is 0 Å². The third-order valence-corrected chi connectivity index (χ3v) is 7.68. The number of nitrogens with one attached hydrogen (secondary N) is 1. The van der Waals surface area contributed by atoms with Crippen LogP contribution >= 0.6 is 11.3 Å². The summed E-state index contributed by atoms with van der Waals surface area (Å²) in [4.78, 5) is 29.6. The number of thiazole rings is 1. The normalized spacial score (nSPS) is 11.8. The van der Waals surface area contributed by atoms with Crippen molar-refractivity contribution in [2.45, 2.75) is 18.4 Å². The Bertz CT molecular complexity index is 1690. The zero-order valence-electron chi connectivity index (χ0n) is 19.4. The molecule has 1 N–H and O–H groups in total. The Morgan fingerprint density at radius 2 is 1.83 bits per heavy atom. The largest absolute Gasteiger partial charge is 0.465 e. The Kier molecular flexibility index (Phi) is 7.05. The molecule has 0 bridgehead atoms. The number of hydrogen-bond acceptors (Lipinski definition) is 6. The number of fused-ring (bicyclic) bond motifs is 1. The maximum atomic E-state index is 13.0. The fourth-order valence-corrected chi connectivity index (χ4v) is 5.56. The highest BCUT2D eigenvalue weighted by atomic mass is 32.2. The molecule has 0 unspecified atom stereocenters. The number of carbonyl (C=O) groups excluding carboxylic acids is 2. The fraction of sp³-hybridized carbons (Fsp3) is 0.115. The van der Waals surface area contributed by atoms with Gasteiger partial charge in [-0.25, -0.2) is 13.2 Å². The minimum absolute atomic E-state index is 0.112. The van der Waals surface area contributed by atoms with Gasteiger partial charge in [0, 0.05) is 11.3 Å². The van der Waals surface area contributed by atoms with Gasteiger partial charge in [0.1, 0.15) is 0 Å². The van der Waals surface area contributed by atoms with E-state index < -0.39 is 21.9 Å². The fourth-order valence-electron chi connectivity index (χ4n) is 3.45. The van der Waals surface area contributed by atoms with Crippen LogP contribution in [-0.4, -0.2) is 32.0 Å². The van der Waals surface area contributed by atoms with E-state index in [-0.39, 0.29) is 22.7 Å². The summed E-state index contributed by atoms with van der Waals surface area (Å²) in [5.74, 6) is 1.50. The van der Waals surface area contributed by atoms with Gasteiger partial charge in [0.05, 0.1) is 34.3 Å². The Morgan fingerprint density at radius 1 is 1.08 bits per heavy atom. The van der Waals surface area contributed by atoms with Crippen molar-refractivity contribution in [3.8, 4) is 12.3 Å². The second-order valence-corrected chi connectivity index (χ2v) is 10.5. The zero-order chi connectivity index (χ0) is 25.9. The van der Waals surface area contributed by atoms with Gasteiger partial charge in [-0.2, -0.15) is 4.99 Å². The number of esters is 1. The molecule has 1 aromatic heterocycles. The van der Waals surface area contributed by atoms with E-state index in [1.54, 1.807) is 53.1 Å². The second kappa shape index (κ2) is 10.2. The number of aryl methyl sites for hydroxylation is 1. The lowest BCUT2D eigenvalue weighted by Crippen LogP contribution is -2.17. The standard InChI is InChI=1S/C26H21N3O5S2/c1-4-14-29-22-13-10-19(25(31)34-3)16-23(22)35-26(29)27-24(30)18-6-5-7-20(15-18)28-36(32,33)21-11-8-17(2)9-12-21/h1,5-13,15-16,28H,14H2,2-3H3. The van der Waals surface area contributed by atoms with Gasteiger partial charge < -0.3 is 9.30 Å². The highest BCUT2D eigenvalue weighted by Gasteiger charge is 2.16. The van der Waals surface area contributed by atoms with E-state index in [4.69, 9.17) is 11.2 Å². The lowest BCUT2D eigenvalue weighted by Gasteiger charge is -2.09. The first-order valence-electron chi connectivity index (χ1n) is 10.7. The van der Waals surface area contributed by atoms with E-state index in [0.29, 0.717) is 15.1 Å². The summed E-state index contributed by atoms with van der Waals surface area (Å²) in [6.07, 6.45) is 5.52. The number of carbonyl (C=O) groups is 2. The summed E-state index contributed by atoms with van der Waals surface area (Å²) in [5, 5.41) is 0. The monoisotopic (exact) mass is 519 g/mol. The minimum Gasteiger partial charge on any atom is -0.465 e. The molecule has 36 heavy (non-hydrogen) atoms. The van der Waals surface area contributed by atoms with Crippen molar-refractivity contribution in [2.24, 2.45) is 4.99 Å². The molecule has 0 fully saturated rings. The van der Waals surface area contributed by atoms with E-state index in [0.717, 1.165) is 11.1 Å². The van der Waals surface area contributed by atoms with Crippen LogP contribution in [0.5, 0.6) is 0 Å². The average molecular weight is 520 g/mol. The first-order valence-corrected chi connectivity index (χ1v) is 13.0. The van der Waals surface area contributed by atoms with E-state index in [9.17, 15) is 18.0 Å². The summed E-state index contributed by atoms with van der Waals surface area (Å²) in [5.41, 5.74) is 2.45. The Morgan fingerprint density at radius 3 is 2.53 bits per heavy atom. The molecule has 0 radical (unpaired) electrons. The van der Waals surface area contributed by atoms with Gasteiger partial charge in [-0.05, 0) is 55.5 Å². The number of benzene rings is 3. The molecule has 0 aliphatic carbocycles. The Labute approximate surface area is 211 Å². The average Bonchev–Trinajstić information content (AvgIpc) is 3.20. The number of ether oxygens (including phenoxy) is 1. The number of rotatable bonds is 6. The van der Waals surface area contributed by atoms with Crippen LogP contribution in [-0.2, 0) is 21.3 Å². The highest BCUT2D eigenvalue weighted by Crippen LogP contribution is 2.21. The minimum atomic E-state index is -3.83. The molecule has 0 aliphatic heterocycles.